The number of hydrogen-bond acceptors (Lipinski definition) is 4. The number of para-hydroxylation sites is 1. The number of aryl methyl sites for hydroxylation is 2. The van der Waals surface area contributed by atoms with E-state index in [0.717, 1.165) is 39.0 Å². The molecule has 5 nitrogen and oxygen atoms in total. The van der Waals surface area contributed by atoms with Crippen molar-refractivity contribution in [2.75, 3.05) is 11.9 Å². The van der Waals surface area contributed by atoms with Gasteiger partial charge in [0.25, 0.3) is 11.1 Å². The number of amides is 3. The van der Waals surface area contributed by atoms with Gasteiger partial charge in [0.15, 0.2) is 0 Å². The number of carbonyl (C=O) groups is 3. The van der Waals surface area contributed by atoms with E-state index in [1.165, 1.54) is 0 Å². The molecule has 2 rings (SSSR count). The quantitative estimate of drug-likeness (QED) is 0.869. The van der Waals surface area contributed by atoms with Crippen LogP contribution in [0.4, 0.5) is 10.5 Å². The third-order valence-electron chi connectivity index (χ3n) is 3.35. The summed E-state index contributed by atoms with van der Waals surface area (Å²) in [6, 6.07) is 5.70. The van der Waals surface area contributed by atoms with Crippen molar-refractivity contribution in [3.63, 3.8) is 0 Å². The standard InChI is InChI=1S/C16H18N2O3S/c1-9(2)14-15(20)18(16(21)22-14)8-12(19)17-13-10(3)6-5-7-11(13)4/h5-7H,8H2,1-4H3,(H,17,19). The number of carbonyl (C=O) groups excluding carboxylic acids is 3. The molecule has 1 heterocycles. The number of allylic oxidation sites excluding steroid dienone is 1. The molecular weight excluding hydrogens is 300 g/mol. The van der Waals surface area contributed by atoms with Gasteiger partial charge in [0.05, 0.1) is 4.91 Å². The molecular formula is C16H18N2O3S. The minimum Gasteiger partial charge on any atom is -0.324 e. The van der Waals surface area contributed by atoms with Crippen molar-refractivity contribution in [1.29, 1.82) is 0 Å². The summed E-state index contributed by atoms with van der Waals surface area (Å²) in [6.45, 7) is 7.06. The van der Waals surface area contributed by atoms with Crippen LogP contribution in [0.15, 0.2) is 28.7 Å². The first-order valence-corrected chi connectivity index (χ1v) is 7.70. The molecule has 0 bridgehead atoms. The fourth-order valence-corrected chi connectivity index (χ4v) is 3.01. The van der Waals surface area contributed by atoms with Gasteiger partial charge in [-0.05, 0) is 50.6 Å². The first-order chi connectivity index (χ1) is 10.3. The SMILES string of the molecule is CC(C)=C1SC(=O)N(CC(=O)Nc2c(C)cccc2C)C1=O. The summed E-state index contributed by atoms with van der Waals surface area (Å²) < 4.78 is 0. The van der Waals surface area contributed by atoms with Crippen LogP contribution in [0.25, 0.3) is 0 Å². The van der Waals surface area contributed by atoms with E-state index in [-0.39, 0.29) is 12.5 Å². The highest BCUT2D eigenvalue weighted by molar-refractivity contribution is 8.18. The molecule has 1 N–H and O–H groups in total. The smallest absolute Gasteiger partial charge is 0.294 e. The number of nitrogens with zero attached hydrogens (tertiary/aromatic N) is 1. The summed E-state index contributed by atoms with van der Waals surface area (Å²) >= 11 is 0.882. The number of benzene rings is 1. The average molecular weight is 318 g/mol. The summed E-state index contributed by atoms with van der Waals surface area (Å²) in [7, 11) is 0. The molecule has 1 aliphatic heterocycles. The fraction of sp³-hybridized carbons (Fsp3) is 0.312. The van der Waals surface area contributed by atoms with Crippen molar-refractivity contribution >= 4 is 34.5 Å². The molecule has 0 aromatic heterocycles. The molecule has 0 saturated carbocycles. The topological polar surface area (TPSA) is 66.5 Å². The highest BCUT2D eigenvalue weighted by Crippen LogP contribution is 2.32. The van der Waals surface area contributed by atoms with E-state index in [1.807, 2.05) is 32.0 Å². The third-order valence-corrected chi connectivity index (χ3v) is 4.53. The second kappa shape index (κ2) is 6.36. The van der Waals surface area contributed by atoms with Crippen molar-refractivity contribution in [2.45, 2.75) is 27.7 Å². The van der Waals surface area contributed by atoms with Crippen molar-refractivity contribution in [3.05, 3.63) is 39.8 Å². The van der Waals surface area contributed by atoms with Crippen molar-refractivity contribution in [3.8, 4) is 0 Å². The van der Waals surface area contributed by atoms with Gasteiger partial charge in [-0.3, -0.25) is 19.3 Å². The van der Waals surface area contributed by atoms with Gasteiger partial charge in [0.2, 0.25) is 5.91 Å². The Bertz CT molecular complexity index is 670. The van der Waals surface area contributed by atoms with E-state index in [2.05, 4.69) is 5.32 Å². The zero-order valence-electron chi connectivity index (χ0n) is 13.0. The van der Waals surface area contributed by atoms with Gasteiger partial charge in [0.1, 0.15) is 6.54 Å². The molecule has 1 aliphatic rings. The lowest BCUT2D eigenvalue weighted by atomic mass is 10.1. The Kier molecular flexibility index (Phi) is 4.71. The van der Waals surface area contributed by atoms with E-state index in [1.54, 1.807) is 13.8 Å². The Balaban J connectivity index is 2.12. The number of imide groups is 1. The summed E-state index contributed by atoms with van der Waals surface area (Å²) in [4.78, 5) is 37.5. The first kappa shape index (κ1) is 16.3. The van der Waals surface area contributed by atoms with Gasteiger partial charge >= 0.3 is 0 Å². The van der Waals surface area contributed by atoms with Crippen molar-refractivity contribution in [2.24, 2.45) is 0 Å². The van der Waals surface area contributed by atoms with E-state index in [9.17, 15) is 14.4 Å². The second-order valence-electron chi connectivity index (χ2n) is 5.40. The molecule has 0 unspecified atom stereocenters. The highest BCUT2D eigenvalue weighted by atomic mass is 32.2. The van der Waals surface area contributed by atoms with Crippen LogP contribution in [0, 0.1) is 13.8 Å². The molecule has 0 spiro atoms. The zero-order valence-corrected chi connectivity index (χ0v) is 13.8. The molecule has 116 valence electrons. The van der Waals surface area contributed by atoms with Crippen LogP contribution in [-0.4, -0.2) is 28.5 Å². The summed E-state index contributed by atoms with van der Waals surface area (Å²) in [5.74, 6) is -0.777. The van der Waals surface area contributed by atoms with Crippen LogP contribution < -0.4 is 5.32 Å². The summed E-state index contributed by atoms with van der Waals surface area (Å²) in [5, 5.41) is 2.38. The lowest BCUT2D eigenvalue weighted by Gasteiger charge is -2.15. The largest absolute Gasteiger partial charge is 0.324 e. The molecule has 0 radical (unpaired) electrons. The van der Waals surface area contributed by atoms with Gasteiger partial charge in [0, 0.05) is 5.69 Å². The van der Waals surface area contributed by atoms with Gasteiger partial charge in [-0.1, -0.05) is 23.8 Å². The van der Waals surface area contributed by atoms with Crippen LogP contribution in [0.1, 0.15) is 25.0 Å². The molecule has 1 fully saturated rings. The van der Waals surface area contributed by atoms with Crippen LogP contribution in [-0.2, 0) is 9.59 Å². The van der Waals surface area contributed by atoms with Gasteiger partial charge < -0.3 is 5.32 Å². The molecule has 1 aromatic rings. The van der Waals surface area contributed by atoms with Crippen molar-refractivity contribution < 1.29 is 14.4 Å². The number of hydrogen-bond donors (Lipinski definition) is 1. The lowest BCUT2D eigenvalue weighted by Crippen LogP contribution is -2.36. The third kappa shape index (κ3) is 3.22. The van der Waals surface area contributed by atoms with Gasteiger partial charge in [-0.25, -0.2) is 0 Å². The second-order valence-corrected chi connectivity index (χ2v) is 6.36. The van der Waals surface area contributed by atoms with E-state index < -0.39 is 11.1 Å². The Morgan fingerprint density at radius 2 is 1.77 bits per heavy atom. The van der Waals surface area contributed by atoms with Crippen LogP contribution >= 0.6 is 11.8 Å². The Hall–Kier alpha value is -2.08. The van der Waals surface area contributed by atoms with Gasteiger partial charge in [-0.2, -0.15) is 0 Å². The van der Waals surface area contributed by atoms with E-state index in [4.69, 9.17) is 0 Å². The Morgan fingerprint density at radius 1 is 1.18 bits per heavy atom. The van der Waals surface area contributed by atoms with Crippen LogP contribution in [0.3, 0.4) is 0 Å². The van der Waals surface area contributed by atoms with Gasteiger partial charge in [-0.15, -0.1) is 0 Å². The van der Waals surface area contributed by atoms with Crippen LogP contribution in [0.2, 0.25) is 0 Å². The molecule has 6 heteroatoms. The summed E-state index contributed by atoms with van der Waals surface area (Å²) in [5.41, 5.74) is 3.38. The number of thioether (sulfide) groups is 1. The average Bonchev–Trinajstić information content (AvgIpc) is 2.71. The zero-order chi connectivity index (χ0) is 16.4. The predicted octanol–water partition coefficient (Wildman–Crippen LogP) is 3.23. The lowest BCUT2D eigenvalue weighted by molar-refractivity contribution is -0.127. The van der Waals surface area contributed by atoms with Crippen molar-refractivity contribution in [1.82, 2.24) is 4.90 Å². The van der Waals surface area contributed by atoms with E-state index >= 15 is 0 Å². The molecule has 3 amide bonds. The van der Waals surface area contributed by atoms with E-state index in [0.29, 0.717) is 4.91 Å². The van der Waals surface area contributed by atoms with Crippen LogP contribution in [0.5, 0.6) is 0 Å². The number of nitrogens with one attached hydrogen (secondary N) is 1. The predicted molar refractivity (Wildman–Crippen MR) is 87.6 cm³/mol. The molecule has 1 aromatic carbocycles. The minimum absolute atomic E-state index is 0.269. The maximum Gasteiger partial charge on any atom is 0.294 e. The first-order valence-electron chi connectivity index (χ1n) is 6.88. The fourth-order valence-electron chi connectivity index (χ4n) is 2.18. The highest BCUT2D eigenvalue weighted by Gasteiger charge is 2.36. The normalized spacial score (nSPS) is 14.5. The maximum atomic E-state index is 12.2. The molecule has 0 aliphatic carbocycles. The Morgan fingerprint density at radius 3 is 2.27 bits per heavy atom. The number of anilines is 1. The molecule has 22 heavy (non-hydrogen) atoms. The summed E-state index contributed by atoms with van der Waals surface area (Å²) in [6.07, 6.45) is 0. The molecule has 1 saturated heterocycles. The minimum atomic E-state index is -0.405. The Labute approximate surface area is 133 Å². The number of rotatable bonds is 3. The maximum absolute atomic E-state index is 12.2. The monoisotopic (exact) mass is 318 g/mol. The molecule has 0 atom stereocenters.